The molecule has 0 amide bonds. The summed E-state index contributed by atoms with van der Waals surface area (Å²) in [5.74, 6) is 0. The van der Waals surface area contributed by atoms with Crippen molar-refractivity contribution in [3.8, 4) is 0 Å². The van der Waals surface area contributed by atoms with E-state index in [0.29, 0.717) is 6.61 Å². The van der Waals surface area contributed by atoms with Crippen LogP contribution in [0.2, 0.25) is 18.1 Å². The molecule has 0 saturated carbocycles. The van der Waals surface area contributed by atoms with Crippen molar-refractivity contribution in [2.75, 3.05) is 13.2 Å². The highest BCUT2D eigenvalue weighted by molar-refractivity contribution is 7.09. The molecule has 30 heavy (non-hydrogen) atoms. The van der Waals surface area contributed by atoms with Crippen molar-refractivity contribution in [3.05, 3.63) is 33.3 Å². The van der Waals surface area contributed by atoms with E-state index >= 15 is 0 Å². The number of hydrogen-bond donors (Lipinski definition) is 0. The van der Waals surface area contributed by atoms with E-state index in [9.17, 15) is 0 Å². The molecular formula is C24H41NO3SSi. The molecule has 1 aromatic heterocycles. The quantitative estimate of drug-likeness (QED) is 0.296. The van der Waals surface area contributed by atoms with E-state index in [-0.39, 0.29) is 17.4 Å². The number of rotatable bonds is 9. The Hall–Kier alpha value is -0.793. The first-order valence-electron chi connectivity index (χ1n) is 11.1. The topological polar surface area (TPSA) is 40.6 Å². The van der Waals surface area contributed by atoms with Crippen molar-refractivity contribution in [2.45, 2.75) is 97.8 Å². The van der Waals surface area contributed by atoms with E-state index in [1.54, 1.807) is 11.3 Å². The third kappa shape index (κ3) is 8.04. The van der Waals surface area contributed by atoms with Gasteiger partial charge in [-0.3, -0.25) is 0 Å². The predicted octanol–water partition coefficient (Wildman–Crippen LogP) is 7.12. The Morgan fingerprint density at radius 3 is 2.63 bits per heavy atom. The Morgan fingerprint density at radius 2 is 2.07 bits per heavy atom. The van der Waals surface area contributed by atoms with Crippen LogP contribution in [0, 0.1) is 6.92 Å². The Kier molecular flexibility index (Phi) is 9.49. The highest BCUT2D eigenvalue weighted by Gasteiger charge is 2.39. The maximum atomic E-state index is 6.82. The van der Waals surface area contributed by atoms with Gasteiger partial charge in [0.15, 0.2) is 14.6 Å². The Balaban J connectivity index is 2.08. The second-order valence-electron chi connectivity index (χ2n) is 9.94. The van der Waals surface area contributed by atoms with E-state index < -0.39 is 8.32 Å². The summed E-state index contributed by atoms with van der Waals surface area (Å²) >= 11 is 1.69. The fourth-order valence-electron chi connectivity index (χ4n) is 3.07. The summed E-state index contributed by atoms with van der Waals surface area (Å²) in [6, 6.07) is 0. The molecule has 0 aromatic carbocycles. The van der Waals surface area contributed by atoms with Crippen molar-refractivity contribution in [2.24, 2.45) is 0 Å². The van der Waals surface area contributed by atoms with Gasteiger partial charge < -0.3 is 13.9 Å². The first kappa shape index (κ1) is 25.5. The lowest BCUT2D eigenvalue weighted by molar-refractivity contribution is -0.156. The standard InChI is InChI=1S/C24H41NO3SSi/c1-18(16-27-23-11-9-10-14-26-23)12-13-22(28-30(7,8)24(4,5)6)19(2)15-21-17-29-20(3)25-21/h12,15,17,22-23H,9-11,13-14,16H2,1-8H3/b18-12-,19-15-/t22-,23?/m0/s1. The summed E-state index contributed by atoms with van der Waals surface area (Å²) in [6.07, 6.45) is 8.63. The minimum atomic E-state index is -1.90. The smallest absolute Gasteiger partial charge is 0.192 e. The Bertz CT molecular complexity index is 727. The first-order valence-corrected chi connectivity index (χ1v) is 14.9. The zero-order chi connectivity index (χ0) is 22.4. The van der Waals surface area contributed by atoms with E-state index in [0.717, 1.165) is 36.6 Å². The normalized spacial score (nSPS) is 20.5. The van der Waals surface area contributed by atoms with Gasteiger partial charge in [0.05, 0.1) is 23.4 Å². The summed E-state index contributed by atoms with van der Waals surface area (Å²) < 4.78 is 18.4. The molecule has 1 fully saturated rings. The molecule has 1 aliphatic rings. The molecule has 0 radical (unpaired) electrons. The molecule has 170 valence electrons. The van der Waals surface area contributed by atoms with Crippen molar-refractivity contribution in [3.63, 3.8) is 0 Å². The average molecular weight is 452 g/mol. The fourth-order valence-corrected chi connectivity index (χ4v) is 4.98. The lowest BCUT2D eigenvalue weighted by Crippen LogP contribution is -2.44. The molecule has 0 N–H and O–H groups in total. The largest absolute Gasteiger partial charge is 0.410 e. The zero-order valence-electron chi connectivity index (χ0n) is 20.2. The number of nitrogens with zero attached hydrogens (tertiary/aromatic N) is 1. The first-order chi connectivity index (χ1) is 14.0. The molecular weight excluding hydrogens is 410 g/mol. The van der Waals surface area contributed by atoms with Crippen LogP contribution in [0.3, 0.4) is 0 Å². The average Bonchev–Trinajstić information content (AvgIpc) is 3.07. The monoisotopic (exact) mass is 451 g/mol. The van der Waals surface area contributed by atoms with Gasteiger partial charge in [0.25, 0.3) is 0 Å². The molecule has 1 unspecified atom stereocenters. The number of ether oxygens (including phenoxy) is 2. The molecule has 2 heterocycles. The SMILES string of the molecule is C/C(=C/C[C@H](O[Si](C)(C)C(C)(C)C)/C(C)=C\c1csc(C)n1)COC1CCCCO1. The third-order valence-electron chi connectivity index (χ3n) is 6.08. The van der Waals surface area contributed by atoms with Crippen molar-refractivity contribution in [1.82, 2.24) is 4.98 Å². The van der Waals surface area contributed by atoms with E-state index in [1.807, 2.05) is 6.92 Å². The minimum absolute atomic E-state index is 0.0454. The Labute approximate surface area is 188 Å². The van der Waals surface area contributed by atoms with Gasteiger partial charge in [-0.25, -0.2) is 4.98 Å². The van der Waals surface area contributed by atoms with E-state index in [1.165, 1.54) is 17.6 Å². The molecule has 0 aliphatic carbocycles. The van der Waals surface area contributed by atoms with Gasteiger partial charge in [-0.05, 0) is 76.2 Å². The van der Waals surface area contributed by atoms with Crippen LogP contribution in [0.4, 0.5) is 0 Å². The van der Waals surface area contributed by atoms with Crippen LogP contribution >= 0.6 is 11.3 Å². The van der Waals surface area contributed by atoms with Crippen molar-refractivity contribution >= 4 is 25.7 Å². The maximum Gasteiger partial charge on any atom is 0.192 e. The lowest BCUT2D eigenvalue weighted by Gasteiger charge is -2.39. The van der Waals surface area contributed by atoms with Crippen LogP contribution in [0.25, 0.3) is 6.08 Å². The van der Waals surface area contributed by atoms with Crippen LogP contribution in [0.15, 0.2) is 22.6 Å². The highest BCUT2D eigenvalue weighted by atomic mass is 32.1. The van der Waals surface area contributed by atoms with Crippen LogP contribution in [0.1, 0.15) is 71.0 Å². The summed E-state index contributed by atoms with van der Waals surface area (Å²) in [5, 5.41) is 3.37. The van der Waals surface area contributed by atoms with Gasteiger partial charge >= 0.3 is 0 Å². The van der Waals surface area contributed by atoms with Crippen LogP contribution in [-0.2, 0) is 13.9 Å². The summed E-state index contributed by atoms with van der Waals surface area (Å²) in [5.41, 5.74) is 3.48. The van der Waals surface area contributed by atoms with Crippen molar-refractivity contribution in [1.29, 1.82) is 0 Å². The lowest BCUT2D eigenvalue weighted by atomic mass is 10.1. The minimum Gasteiger partial charge on any atom is -0.410 e. The molecule has 6 heteroatoms. The van der Waals surface area contributed by atoms with Gasteiger partial charge in [-0.1, -0.05) is 32.4 Å². The number of aryl methyl sites for hydroxylation is 1. The summed E-state index contributed by atoms with van der Waals surface area (Å²) in [6.45, 7) is 19.3. The van der Waals surface area contributed by atoms with Gasteiger partial charge in [0.1, 0.15) is 0 Å². The molecule has 1 aliphatic heterocycles. The van der Waals surface area contributed by atoms with E-state index in [2.05, 4.69) is 70.2 Å². The second kappa shape index (κ2) is 11.2. The summed E-state index contributed by atoms with van der Waals surface area (Å²) in [7, 11) is -1.90. The maximum absolute atomic E-state index is 6.82. The van der Waals surface area contributed by atoms with Gasteiger partial charge in [-0.15, -0.1) is 11.3 Å². The number of hydrogen-bond acceptors (Lipinski definition) is 5. The van der Waals surface area contributed by atoms with Crippen LogP contribution < -0.4 is 0 Å². The fraction of sp³-hybridized carbons (Fsp3) is 0.708. The highest BCUT2D eigenvalue weighted by Crippen LogP contribution is 2.38. The number of aromatic nitrogens is 1. The molecule has 2 rings (SSSR count). The van der Waals surface area contributed by atoms with E-state index in [4.69, 9.17) is 13.9 Å². The third-order valence-corrected chi connectivity index (χ3v) is 11.4. The molecule has 1 aromatic rings. The zero-order valence-corrected chi connectivity index (χ0v) is 22.0. The van der Waals surface area contributed by atoms with Gasteiger partial charge in [0.2, 0.25) is 0 Å². The molecule has 2 atom stereocenters. The number of thiazole rings is 1. The van der Waals surface area contributed by atoms with Gasteiger partial charge in [-0.2, -0.15) is 0 Å². The molecule has 4 nitrogen and oxygen atoms in total. The van der Waals surface area contributed by atoms with Crippen molar-refractivity contribution < 1.29 is 13.9 Å². The summed E-state index contributed by atoms with van der Waals surface area (Å²) in [4.78, 5) is 4.60. The second-order valence-corrected chi connectivity index (χ2v) is 15.8. The van der Waals surface area contributed by atoms with Crippen LogP contribution in [0.5, 0.6) is 0 Å². The van der Waals surface area contributed by atoms with Gasteiger partial charge in [0, 0.05) is 12.0 Å². The molecule has 0 bridgehead atoms. The predicted molar refractivity (Wildman–Crippen MR) is 130 cm³/mol. The molecule has 0 spiro atoms. The van der Waals surface area contributed by atoms with Crippen LogP contribution in [-0.4, -0.2) is 38.9 Å². The molecule has 1 saturated heterocycles. The Morgan fingerprint density at radius 1 is 1.33 bits per heavy atom.